The summed E-state index contributed by atoms with van der Waals surface area (Å²) >= 11 is 0. The van der Waals surface area contributed by atoms with Crippen LogP contribution in [0.25, 0.3) is 0 Å². The number of carbonyl (C=O) groups is 1. The van der Waals surface area contributed by atoms with Crippen LogP contribution in [0, 0.1) is 0 Å². The maximum atomic E-state index is 12.2. The first-order valence-electron chi connectivity index (χ1n) is 7.69. The van der Waals surface area contributed by atoms with Crippen LogP contribution in [0.4, 0.5) is 5.69 Å². The highest BCUT2D eigenvalue weighted by Gasteiger charge is 2.17. The van der Waals surface area contributed by atoms with Crippen LogP contribution in [0.1, 0.15) is 41.3 Å². The highest BCUT2D eigenvalue weighted by molar-refractivity contribution is 5.96. The number of ketones is 1. The Hall–Kier alpha value is -2.09. The van der Waals surface area contributed by atoms with Gasteiger partial charge >= 0.3 is 0 Å². The maximum Gasteiger partial charge on any atom is 0.163 e. The standard InChI is InChI=1S/C19H21NO/c1-14-10-11-16-8-5-9-17(19(16)20-14)12-13-18(21)15-6-3-2-4-7-15/h2-9,14,20H,10-13H2,1H3/t14-/m1/s1. The van der Waals surface area contributed by atoms with Crippen LogP contribution in [0.2, 0.25) is 0 Å². The van der Waals surface area contributed by atoms with E-state index in [1.54, 1.807) is 0 Å². The molecular formula is C19H21NO. The smallest absolute Gasteiger partial charge is 0.163 e. The number of hydrogen-bond donors (Lipinski definition) is 1. The highest BCUT2D eigenvalue weighted by Crippen LogP contribution is 2.29. The molecule has 0 saturated carbocycles. The zero-order valence-electron chi connectivity index (χ0n) is 12.4. The molecule has 0 amide bonds. The number of carbonyl (C=O) groups excluding carboxylic acids is 1. The van der Waals surface area contributed by atoms with Gasteiger partial charge in [-0.05, 0) is 37.3 Å². The van der Waals surface area contributed by atoms with E-state index < -0.39 is 0 Å². The van der Waals surface area contributed by atoms with Gasteiger partial charge < -0.3 is 5.32 Å². The van der Waals surface area contributed by atoms with Gasteiger partial charge in [0.05, 0.1) is 0 Å². The van der Waals surface area contributed by atoms with Crippen LogP contribution in [-0.4, -0.2) is 11.8 Å². The average molecular weight is 279 g/mol. The molecule has 1 aliphatic heterocycles. The SMILES string of the molecule is C[C@@H]1CCc2cccc(CCC(=O)c3ccccc3)c2N1. The minimum absolute atomic E-state index is 0.220. The number of anilines is 1. The lowest BCUT2D eigenvalue weighted by Crippen LogP contribution is -2.23. The van der Waals surface area contributed by atoms with Crippen molar-refractivity contribution in [3.05, 3.63) is 65.2 Å². The Labute approximate surface area is 126 Å². The summed E-state index contributed by atoms with van der Waals surface area (Å²) in [5, 5.41) is 3.58. The fraction of sp³-hybridized carbons (Fsp3) is 0.316. The van der Waals surface area contributed by atoms with E-state index in [4.69, 9.17) is 0 Å². The summed E-state index contributed by atoms with van der Waals surface area (Å²) in [5.41, 5.74) is 4.72. The monoisotopic (exact) mass is 279 g/mol. The molecule has 0 bridgehead atoms. The van der Waals surface area contributed by atoms with Gasteiger partial charge in [-0.3, -0.25) is 4.79 Å². The Morgan fingerprint density at radius 3 is 2.76 bits per heavy atom. The van der Waals surface area contributed by atoms with Crippen LogP contribution >= 0.6 is 0 Å². The van der Waals surface area contributed by atoms with Crippen molar-refractivity contribution in [2.75, 3.05) is 5.32 Å². The first kappa shape index (κ1) is 13.9. The third kappa shape index (κ3) is 3.15. The summed E-state index contributed by atoms with van der Waals surface area (Å²) in [6, 6.07) is 16.5. The van der Waals surface area contributed by atoms with E-state index in [0.29, 0.717) is 12.5 Å². The number of aryl methyl sites for hydroxylation is 2. The third-order valence-corrected chi connectivity index (χ3v) is 4.19. The van der Waals surface area contributed by atoms with Crippen LogP contribution in [0.5, 0.6) is 0 Å². The average Bonchev–Trinajstić information content (AvgIpc) is 2.53. The quantitative estimate of drug-likeness (QED) is 0.848. The van der Waals surface area contributed by atoms with Gasteiger partial charge in [-0.2, -0.15) is 0 Å². The van der Waals surface area contributed by atoms with Crippen molar-refractivity contribution in [1.29, 1.82) is 0 Å². The minimum Gasteiger partial charge on any atom is -0.382 e. The van der Waals surface area contributed by atoms with Crippen molar-refractivity contribution in [2.24, 2.45) is 0 Å². The number of fused-ring (bicyclic) bond motifs is 1. The molecule has 3 rings (SSSR count). The number of hydrogen-bond acceptors (Lipinski definition) is 2. The normalized spacial score (nSPS) is 16.9. The Morgan fingerprint density at radius 2 is 1.95 bits per heavy atom. The second-order valence-electron chi connectivity index (χ2n) is 5.82. The van der Waals surface area contributed by atoms with E-state index in [0.717, 1.165) is 18.4 Å². The molecule has 2 aromatic rings. The molecule has 1 N–H and O–H groups in total. The van der Waals surface area contributed by atoms with E-state index in [2.05, 4.69) is 30.4 Å². The predicted octanol–water partition coefficient (Wildman–Crippen LogP) is 4.25. The Bertz CT molecular complexity index is 633. The molecular weight excluding hydrogens is 258 g/mol. The first-order chi connectivity index (χ1) is 10.2. The maximum absolute atomic E-state index is 12.2. The molecule has 1 atom stereocenters. The molecule has 0 fully saturated rings. The van der Waals surface area contributed by atoms with Crippen molar-refractivity contribution in [3.8, 4) is 0 Å². The number of Topliss-reactive ketones (excluding diaryl/α,β-unsaturated/α-hetero) is 1. The summed E-state index contributed by atoms with van der Waals surface area (Å²) in [5.74, 6) is 0.220. The molecule has 1 heterocycles. The molecule has 0 aliphatic carbocycles. The lowest BCUT2D eigenvalue weighted by molar-refractivity contribution is 0.0983. The molecule has 108 valence electrons. The second kappa shape index (κ2) is 6.13. The highest BCUT2D eigenvalue weighted by atomic mass is 16.1. The van der Waals surface area contributed by atoms with Crippen LogP contribution in [0.3, 0.4) is 0 Å². The first-order valence-corrected chi connectivity index (χ1v) is 7.69. The molecule has 2 aromatic carbocycles. The van der Waals surface area contributed by atoms with Crippen molar-refractivity contribution in [2.45, 2.75) is 38.6 Å². The second-order valence-corrected chi connectivity index (χ2v) is 5.82. The fourth-order valence-corrected chi connectivity index (χ4v) is 2.96. The molecule has 1 aliphatic rings. The summed E-state index contributed by atoms with van der Waals surface area (Å²) in [4.78, 5) is 12.2. The van der Waals surface area contributed by atoms with E-state index in [1.165, 1.54) is 23.2 Å². The zero-order valence-corrected chi connectivity index (χ0v) is 12.4. The number of para-hydroxylation sites is 1. The Morgan fingerprint density at radius 1 is 1.14 bits per heavy atom. The molecule has 2 nitrogen and oxygen atoms in total. The predicted molar refractivity (Wildman–Crippen MR) is 86.9 cm³/mol. The summed E-state index contributed by atoms with van der Waals surface area (Å²) in [6.45, 7) is 2.22. The van der Waals surface area contributed by atoms with E-state index in [1.807, 2.05) is 30.3 Å². The molecule has 0 radical (unpaired) electrons. The minimum atomic E-state index is 0.220. The van der Waals surface area contributed by atoms with Crippen molar-refractivity contribution < 1.29 is 4.79 Å². The summed E-state index contributed by atoms with van der Waals surface area (Å²) in [7, 11) is 0. The summed E-state index contributed by atoms with van der Waals surface area (Å²) < 4.78 is 0. The molecule has 0 spiro atoms. The largest absolute Gasteiger partial charge is 0.382 e. The van der Waals surface area contributed by atoms with Gasteiger partial charge in [-0.15, -0.1) is 0 Å². The van der Waals surface area contributed by atoms with Crippen LogP contribution in [0.15, 0.2) is 48.5 Å². The van der Waals surface area contributed by atoms with Crippen molar-refractivity contribution >= 4 is 11.5 Å². The number of nitrogens with one attached hydrogen (secondary N) is 1. The molecule has 0 aromatic heterocycles. The van der Waals surface area contributed by atoms with Gasteiger partial charge in [0, 0.05) is 23.7 Å². The van der Waals surface area contributed by atoms with E-state index >= 15 is 0 Å². The van der Waals surface area contributed by atoms with Gasteiger partial charge in [-0.1, -0.05) is 48.5 Å². The Balaban J connectivity index is 1.73. The fourth-order valence-electron chi connectivity index (χ4n) is 2.96. The summed E-state index contributed by atoms with van der Waals surface area (Å²) in [6.07, 6.45) is 3.68. The van der Waals surface area contributed by atoms with Crippen LogP contribution < -0.4 is 5.32 Å². The number of benzene rings is 2. The van der Waals surface area contributed by atoms with E-state index in [-0.39, 0.29) is 5.78 Å². The van der Waals surface area contributed by atoms with Crippen molar-refractivity contribution in [3.63, 3.8) is 0 Å². The van der Waals surface area contributed by atoms with Gasteiger partial charge in [0.25, 0.3) is 0 Å². The van der Waals surface area contributed by atoms with Gasteiger partial charge in [0.15, 0.2) is 5.78 Å². The molecule has 0 unspecified atom stereocenters. The molecule has 2 heteroatoms. The third-order valence-electron chi connectivity index (χ3n) is 4.19. The van der Waals surface area contributed by atoms with Crippen LogP contribution in [-0.2, 0) is 12.8 Å². The Kier molecular flexibility index (Phi) is 4.05. The number of rotatable bonds is 4. The molecule has 0 saturated heterocycles. The van der Waals surface area contributed by atoms with Gasteiger partial charge in [0.1, 0.15) is 0 Å². The zero-order chi connectivity index (χ0) is 14.7. The van der Waals surface area contributed by atoms with Gasteiger partial charge in [-0.25, -0.2) is 0 Å². The van der Waals surface area contributed by atoms with Gasteiger partial charge in [0.2, 0.25) is 0 Å². The molecule has 21 heavy (non-hydrogen) atoms. The van der Waals surface area contributed by atoms with E-state index in [9.17, 15) is 4.79 Å². The van der Waals surface area contributed by atoms with Crippen molar-refractivity contribution in [1.82, 2.24) is 0 Å². The topological polar surface area (TPSA) is 29.1 Å². The lowest BCUT2D eigenvalue weighted by atomic mass is 9.93. The lowest BCUT2D eigenvalue weighted by Gasteiger charge is -2.26.